The quantitative estimate of drug-likeness (QED) is 0.589. The van der Waals surface area contributed by atoms with Gasteiger partial charge in [0.15, 0.2) is 17.5 Å². The minimum absolute atomic E-state index is 0.0253. The molecule has 2 aromatic rings. The van der Waals surface area contributed by atoms with Gasteiger partial charge in [-0.3, -0.25) is 0 Å². The van der Waals surface area contributed by atoms with E-state index >= 15 is 0 Å². The van der Waals surface area contributed by atoms with Crippen molar-refractivity contribution in [3.8, 4) is 11.4 Å². The maximum atomic E-state index is 13.7. The minimum atomic E-state index is -1.25. The molecule has 0 N–H and O–H groups in total. The van der Waals surface area contributed by atoms with Gasteiger partial charge in [-0.05, 0) is 6.07 Å². The highest BCUT2D eigenvalue weighted by molar-refractivity contribution is 7.98. The first-order valence-corrected chi connectivity index (χ1v) is 6.87. The molecule has 1 aliphatic rings. The Morgan fingerprint density at radius 3 is 2.53 bits per heavy atom. The highest BCUT2D eigenvalue weighted by Gasteiger charge is 2.21. The van der Waals surface area contributed by atoms with Gasteiger partial charge in [0.2, 0.25) is 0 Å². The van der Waals surface area contributed by atoms with Crippen molar-refractivity contribution in [1.82, 2.24) is 9.97 Å². The molecule has 3 rings (SSSR count). The summed E-state index contributed by atoms with van der Waals surface area (Å²) in [5.74, 6) is -1.98. The van der Waals surface area contributed by atoms with Crippen LogP contribution < -0.4 is 0 Å². The van der Waals surface area contributed by atoms with Crippen LogP contribution in [0.3, 0.4) is 0 Å². The predicted octanol–water partition coefficient (Wildman–Crippen LogP) is 3.96. The van der Waals surface area contributed by atoms with Crippen LogP contribution in [-0.2, 0) is 11.5 Å². The lowest BCUT2D eigenvalue weighted by atomic mass is 10.1. The van der Waals surface area contributed by atoms with E-state index in [9.17, 15) is 13.2 Å². The lowest BCUT2D eigenvalue weighted by Gasteiger charge is -2.06. The second kappa shape index (κ2) is 4.68. The molecule has 0 bridgehead atoms. The van der Waals surface area contributed by atoms with Gasteiger partial charge in [0, 0.05) is 23.1 Å². The Morgan fingerprint density at radius 1 is 1.00 bits per heavy atom. The Balaban J connectivity index is 2.18. The molecule has 0 radical (unpaired) electrons. The fourth-order valence-electron chi connectivity index (χ4n) is 1.83. The molecule has 0 unspecified atom stereocenters. The standard InChI is InChI=1S/C12H6ClF3N2S/c13-11-6-3-19-4-10(6)17-12(18-11)5-1-8(15)9(16)2-7(5)14/h1-2H,3-4H2. The third kappa shape index (κ3) is 2.19. The molecule has 1 aromatic heterocycles. The van der Waals surface area contributed by atoms with Crippen molar-refractivity contribution in [3.05, 3.63) is 46.0 Å². The summed E-state index contributed by atoms with van der Waals surface area (Å²) in [6, 6.07) is 1.22. The van der Waals surface area contributed by atoms with Crippen molar-refractivity contribution < 1.29 is 13.2 Å². The van der Waals surface area contributed by atoms with E-state index in [2.05, 4.69) is 9.97 Å². The van der Waals surface area contributed by atoms with Crippen LogP contribution in [0.15, 0.2) is 12.1 Å². The predicted molar refractivity (Wildman–Crippen MR) is 67.4 cm³/mol. The molecular weight excluding hydrogens is 297 g/mol. The van der Waals surface area contributed by atoms with Gasteiger partial charge in [-0.2, -0.15) is 11.8 Å². The van der Waals surface area contributed by atoms with Crippen molar-refractivity contribution >= 4 is 23.4 Å². The van der Waals surface area contributed by atoms with E-state index in [1.807, 2.05) is 0 Å². The van der Waals surface area contributed by atoms with Crippen LogP contribution in [-0.4, -0.2) is 9.97 Å². The highest BCUT2D eigenvalue weighted by atomic mass is 35.5. The van der Waals surface area contributed by atoms with Gasteiger partial charge in [-0.1, -0.05) is 11.6 Å². The van der Waals surface area contributed by atoms with Crippen molar-refractivity contribution in [2.45, 2.75) is 11.5 Å². The van der Waals surface area contributed by atoms with Gasteiger partial charge < -0.3 is 0 Å². The van der Waals surface area contributed by atoms with Gasteiger partial charge in [0.25, 0.3) is 0 Å². The molecule has 1 aliphatic heterocycles. The lowest BCUT2D eigenvalue weighted by molar-refractivity contribution is 0.496. The normalized spacial score (nSPS) is 13.7. The average molecular weight is 303 g/mol. The molecule has 0 spiro atoms. The fourth-order valence-corrected chi connectivity index (χ4v) is 3.20. The summed E-state index contributed by atoms with van der Waals surface area (Å²) in [5, 5.41) is 0.231. The van der Waals surface area contributed by atoms with E-state index in [-0.39, 0.29) is 16.5 Å². The molecular formula is C12H6ClF3N2S. The first-order chi connectivity index (χ1) is 9.06. The molecule has 0 atom stereocenters. The van der Waals surface area contributed by atoms with Crippen LogP contribution in [0.2, 0.25) is 5.15 Å². The molecule has 0 saturated heterocycles. The van der Waals surface area contributed by atoms with Gasteiger partial charge in [-0.25, -0.2) is 23.1 Å². The smallest absolute Gasteiger partial charge is 0.164 e. The molecule has 0 saturated carbocycles. The van der Waals surface area contributed by atoms with Gasteiger partial charge in [0.1, 0.15) is 11.0 Å². The van der Waals surface area contributed by atoms with Crippen LogP contribution in [0.4, 0.5) is 13.2 Å². The second-order valence-electron chi connectivity index (χ2n) is 4.00. The van der Waals surface area contributed by atoms with Crippen molar-refractivity contribution in [3.63, 3.8) is 0 Å². The summed E-state index contributed by atoms with van der Waals surface area (Å²) < 4.78 is 39.7. The summed E-state index contributed by atoms with van der Waals surface area (Å²) in [6.45, 7) is 0. The Labute approximate surface area is 116 Å². The maximum absolute atomic E-state index is 13.7. The topological polar surface area (TPSA) is 25.8 Å². The van der Waals surface area contributed by atoms with E-state index in [1.54, 1.807) is 11.8 Å². The number of hydrogen-bond donors (Lipinski definition) is 0. The lowest BCUT2D eigenvalue weighted by Crippen LogP contribution is -2.00. The Hall–Kier alpha value is -1.27. The summed E-state index contributed by atoms with van der Waals surface area (Å²) >= 11 is 7.61. The van der Waals surface area contributed by atoms with Crippen LogP contribution >= 0.6 is 23.4 Å². The summed E-state index contributed by atoms with van der Waals surface area (Å²) in [6.07, 6.45) is 0. The third-order valence-corrected chi connectivity index (χ3v) is 4.06. The van der Waals surface area contributed by atoms with E-state index in [0.29, 0.717) is 23.3 Å². The Kier molecular flexibility index (Phi) is 3.14. The number of aromatic nitrogens is 2. The molecule has 98 valence electrons. The maximum Gasteiger partial charge on any atom is 0.164 e. The zero-order valence-corrected chi connectivity index (χ0v) is 11.0. The number of nitrogens with zero attached hydrogens (tertiary/aromatic N) is 2. The van der Waals surface area contributed by atoms with E-state index in [1.165, 1.54) is 0 Å². The SMILES string of the molecule is Fc1cc(F)c(-c2nc(Cl)c3c(n2)CSC3)cc1F. The minimum Gasteiger partial charge on any atom is -0.232 e. The van der Waals surface area contributed by atoms with Crippen LogP contribution in [0, 0.1) is 17.5 Å². The van der Waals surface area contributed by atoms with E-state index < -0.39 is 17.5 Å². The fraction of sp³-hybridized carbons (Fsp3) is 0.167. The molecule has 19 heavy (non-hydrogen) atoms. The van der Waals surface area contributed by atoms with E-state index in [4.69, 9.17) is 11.6 Å². The number of benzene rings is 1. The average Bonchev–Trinajstić information content (AvgIpc) is 2.82. The summed E-state index contributed by atoms with van der Waals surface area (Å²) in [5.41, 5.74) is 1.34. The molecule has 0 aliphatic carbocycles. The molecule has 1 aromatic carbocycles. The zero-order valence-electron chi connectivity index (χ0n) is 9.38. The van der Waals surface area contributed by atoms with Crippen molar-refractivity contribution in [1.29, 1.82) is 0 Å². The Bertz CT molecular complexity index is 679. The zero-order chi connectivity index (χ0) is 13.6. The summed E-state index contributed by atoms with van der Waals surface area (Å²) in [7, 11) is 0. The number of rotatable bonds is 1. The summed E-state index contributed by atoms with van der Waals surface area (Å²) in [4.78, 5) is 8.13. The second-order valence-corrected chi connectivity index (χ2v) is 5.35. The van der Waals surface area contributed by atoms with Gasteiger partial charge in [0.05, 0.1) is 11.3 Å². The molecule has 2 nitrogen and oxygen atoms in total. The van der Waals surface area contributed by atoms with Crippen molar-refractivity contribution in [2.75, 3.05) is 0 Å². The highest BCUT2D eigenvalue weighted by Crippen LogP contribution is 2.34. The Morgan fingerprint density at radius 2 is 1.74 bits per heavy atom. The van der Waals surface area contributed by atoms with Crippen LogP contribution in [0.5, 0.6) is 0 Å². The number of thioether (sulfide) groups is 1. The number of fused-ring (bicyclic) bond motifs is 1. The van der Waals surface area contributed by atoms with E-state index in [0.717, 1.165) is 11.6 Å². The molecule has 0 amide bonds. The first kappa shape index (κ1) is 12.7. The van der Waals surface area contributed by atoms with Crippen molar-refractivity contribution in [2.24, 2.45) is 0 Å². The monoisotopic (exact) mass is 302 g/mol. The van der Waals surface area contributed by atoms with Gasteiger partial charge >= 0.3 is 0 Å². The number of halogens is 4. The van der Waals surface area contributed by atoms with Crippen LogP contribution in [0.1, 0.15) is 11.3 Å². The first-order valence-electron chi connectivity index (χ1n) is 5.34. The molecule has 0 fully saturated rings. The molecule has 7 heteroatoms. The number of hydrogen-bond acceptors (Lipinski definition) is 3. The largest absolute Gasteiger partial charge is 0.232 e. The van der Waals surface area contributed by atoms with Crippen LogP contribution in [0.25, 0.3) is 11.4 Å². The van der Waals surface area contributed by atoms with Gasteiger partial charge in [-0.15, -0.1) is 0 Å². The molecule has 2 heterocycles. The third-order valence-electron chi connectivity index (χ3n) is 2.78.